The maximum Gasteiger partial charge on any atom is 0.264 e. The van der Waals surface area contributed by atoms with E-state index in [1.54, 1.807) is 12.1 Å². The number of amides is 4. The smallest absolute Gasteiger partial charge is 0.264 e. The zero-order chi connectivity index (χ0) is 26.9. The van der Waals surface area contributed by atoms with Gasteiger partial charge in [0.1, 0.15) is 6.04 Å². The van der Waals surface area contributed by atoms with Crippen molar-refractivity contribution in [2.75, 3.05) is 18.4 Å². The second-order valence-corrected chi connectivity index (χ2v) is 12.2. The Labute approximate surface area is 225 Å². The van der Waals surface area contributed by atoms with Gasteiger partial charge in [-0.05, 0) is 94.2 Å². The number of unbranched alkanes of at least 4 members (excludes halogenated alkanes) is 2. The highest BCUT2D eigenvalue weighted by molar-refractivity contribution is 6.25. The number of hydrogen-bond acceptors (Lipinski definition) is 6. The molecule has 3 fully saturated rings. The molecule has 4 amide bonds. The zero-order valence-corrected chi connectivity index (χ0v) is 22.8. The zero-order valence-electron chi connectivity index (χ0n) is 22.8. The number of hydrogen-bond donors (Lipinski definition) is 3. The van der Waals surface area contributed by atoms with Gasteiger partial charge in [-0.15, -0.1) is 0 Å². The normalized spacial score (nSPS) is 30.8. The molecule has 2 bridgehead atoms. The highest BCUT2D eigenvalue weighted by atomic mass is 16.2. The number of nitrogens with zero attached hydrogens (tertiary/aromatic N) is 1. The Hall–Kier alpha value is -2.74. The number of carbonyl (C=O) groups excluding carboxylic acids is 4. The molecule has 206 valence electrons. The second kappa shape index (κ2) is 11.2. The van der Waals surface area contributed by atoms with Gasteiger partial charge in [-0.2, -0.15) is 0 Å². The molecule has 2 saturated carbocycles. The Kier molecular flexibility index (Phi) is 7.89. The van der Waals surface area contributed by atoms with Crippen LogP contribution in [-0.4, -0.2) is 53.2 Å². The van der Waals surface area contributed by atoms with E-state index in [0.717, 1.165) is 48.5 Å². The number of anilines is 1. The van der Waals surface area contributed by atoms with Crippen LogP contribution in [0.1, 0.15) is 105 Å². The van der Waals surface area contributed by atoms with Crippen molar-refractivity contribution in [1.29, 1.82) is 0 Å². The Morgan fingerprint density at radius 1 is 0.974 bits per heavy atom. The van der Waals surface area contributed by atoms with Gasteiger partial charge in [0.05, 0.1) is 11.1 Å². The average molecular weight is 523 g/mol. The second-order valence-electron chi connectivity index (χ2n) is 12.2. The number of fused-ring (bicyclic) bond motifs is 3. The van der Waals surface area contributed by atoms with Crippen molar-refractivity contribution in [3.8, 4) is 0 Å². The lowest BCUT2D eigenvalue weighted by molar-refractivity contribution is -0.136. The maximum absolute atomic E-state index is 13.2. The molecule has 2 aliphatic carbocycles. The van der Waals surface area contributed by atoms with Crippen molar-refractivity contribution in [1.82, 2.24) is 15.5 Å². The molecule has 1 saturated heterocycles. The highest BCUT2D eigenvalue weighted by Gasteiger charge is 2.46. The van der Waals surface area contributed by atoms with E-state index in [4.69, 9.17) is 0 Å². The van der Waals surface area contributed by atoms with Gasteiger partial charge < -0.3 is 10.6 Å². The SMILES string of the molecule is CCC1(NCCCCCNc2cccc3c2C(=O)N(C2CCC(=O)NC2=O)C3=O)CC2CC(C)CC(C2)C1. The van der Waals surface area contributed by atoms with Gasteiger partial charge >= 0.3 is 0 Å². The number of nitrogens with one attached hydrogen (secondary N) is 3. The first-order valence-corrected chi connectivity index (χ1v) is 14.6. The lowest BCUT2D eigenvalue weighted by atomic mass is 9.61. The first-order chi connectivity index (χ1) is 18.3. The summed E-state index contributed by atoms with van der Waals surface area (Å²) in [5, 5.41) is 9.56. The van der Waals surface area contributed by atoms with Crippen molar-refractivity contribution in [3.63, 3.8) is 0 Å². The molecule has 8 heteroatoms. The van der Waals surface area contributed by atoms with Crippen LogP contribution in [0.15, 0.2) is 18.2 Å². The highest BCUT2D eigenvalue weighted by Crippen LogP contribution is 2.47. The lowest BCUT2D eigenvalue weighted by Gasteiger charge is -2.49. The van der Waals surface area contributed by atoms with Crippen LogP contribution in [-0.2, 0) is 9.59 Å². The minimum absolute atomic E-state index is 0.115. The molecule has 0 radical (unpaired) electrons. The first kappa shape index (κ1) is 26.9. The van der Waals surface area contributed by atoms with Crippen molar-refractivity contribution < 1.29 is 19.2 Å². The molecule has 3 atom stereocenters. The molecule has 3 N–H and O–H groups in total. The molecule has 4 aliphatic rings. The molecule has 3 unspecified atom stereocenters. The summed E-state index contributed by atoms with van der Waals surface area (Å²) < 4.78 is 0. The van der Waals surface area contributed by atoms with Gasteiger partial charge in [0, 0.05) is 24.2 Å². The Bertz CT molecular complexity index is 1080. The summed E-state index contributed by atoms with van der Waals surface area (Å²) >= 11 is 0. The summed E-state index contributed by atoms with van der Waals surface area (Å²) in [6.45, 7) is 6.51. The van der Waals surface area contributed by atoms with E-state index < -0.39 is 23.8 Å². The molecule has 2 heterocycles. The molecular formula is C30H42N4O4. The molecular weight excluding hydrogens is 480 g/mol. The van der Waals surface area contributed by atoms with Crippen LogP contribution >= 0.6 is 0 Å². The van der Waals surface area contributed by atoms with E-state index in [1.165, 1.54) is 38.5 Å². The fraction of sp³-hybridized carbons (Fsp3) is 0.667. The number of carbonyl (C=O) groups is 4. The third kappa shape index (κ3) is 5.37. The van der Waals surface area contributed by atoms with Crippen LogP contribution in [0.4, 0.5) is 5.69 Å². The number of imide groups is 2. The summed E-state index contributed by atoms with van der Waals surface area (Å²) in [5.74, 6) is 0.769. The molecule has 38 heavy (non-hydrogen) atoms. The van der Waals surface area contributed by atoms with Gasteiger partial charge in [0.25, 0.3) is 11.8 Å². The monoisotopic (exact) mass is 522 g/mol. The fourth-order valence-corrected chi connectivity index (χ4v) is 7.64. The van der Waals surface area contributed by atoms with Gasteiger partial charge in [-0.25, -0.2) is 0 Å². The van der Waals surface area contributed by atoms with E-state index >= 15 is 0 Å². The molecule has 0 spiro atoms. The van der Waals surface area contributed by atoms with Crippen molar-refractivity contribution >= 4 is 29.3 Å². The number of benzene rings is 1. The predicted molar refractivity (Wildman–Crippen MR) is 146 cm³/mol. The molecule has 1 aromatic carbocycles. The van der Waals surface area contributed by atoms with E-state index in [-0.39, 0.29) is 18.7 Å². The van der Waals surface area contributed by atoms with Crippen molar-refractivity contribution in [2.24, 2.45) is 17.8 Å². The molecule has 2 aliphatic heterocycles. The summed E-state index contributed by atoms with van der Waals surface area (Å²) in [5.41, 5.74) is 1.58. The van der Waals surface area contributed by atoms with Crippen LogP contribution in [0.3, 0.4) is 0 Å². The molecule has 0 aromatic heterocycles. The van der Waals surface area contributed by atoms with Crippen LogP contribution in [0.25, 0.3) is 0 Å². The maximum atomic E-state index is 13.2. The van der Waals surface area contributed by atoms with E-state index in [2.05, 4.69) is 29.8 Å². The van der Waals surface area contributed by atoms with Gasteiger partial charge in [-0.1, -0.05) is 26.3 Å². The van der Waals surface area contributed by atoms with Gasteiger partial charge in [-0.3, -0.25) is 29.4 Å². The standard InChI is InChI=1S/C30H42N4O4/c1-3-30(17-20-14-19(2)15-21(16-20)18-30)32-13-6-4-5-12-31-23-9-7-8-22-26(23)29(38)34(28(22)37)24-10-11-25(35)33-27(24)36/h7-9,19-21,24,31-32H,3-6,10-18H2,1-2H3,(H,33,35,36). The number of piperidine rings is 1. The summed E-state index contributed by atoms with van der Waals surface area (Å²) in [6.07, 6.45) is 11.5. The Morgan fingerprint density at radius 2 is 1.71 bits per heavy atom. The van der Waals surface area contributed by atoms with E-state index in [9.17, 15) is 19.2 Å². The summed E-state index contributed by atoms with van der Waals surface area (Å²) in [6, 6.07) is 4.25. The third-order valence-corrected chi connectivity index (χ3v) is 9.31. The summed E-state index contributed by atoms with van der Waals surface area (Å²) in [4.78, 5) is 51.1. The quantitative estimate of drug-likeness (QED) is 0.313. The minimum atomic E-state index is -0.945. The predicted octanol–water partition coefficient (Wildman–Crippen LogP) is 4.25. The fourth-order valence-electron chi connectivity index (χ4n) is 7.64. The lowest BCUT2D eigenvalue weighted by Crippen LogP contribution is -2.54. The minimum Gasteiger partial charge on any atom is -0.384 e. The van der Waals surface area contributed by atoms with Crippen molar-refractivity contribution in [3.05, 3.63) is 29.3 Å². The Balaban J connectivity index is 1.09. The molecule has 8 nitrogen and oxygen atoms in total. The van der Waals surface area contributed by atoms with Crippen molar-refractivity contribution in [2.45, 2.75) is 96.1 Å². The van der Waals surface area contributed by atoms with Crippen LogP contribution < -0.4 is 16.0 Å². The molecule has 5 rings (SSSR count). The van der Waals surface area contributed by atoms with Crippen LogP contribution in [0, 0.1) is 17.8 Å². The van der Waals surface area contributed by atoms with Gasteiger partial charge in [0.15, 0.2) is 0 Å². The summed E-state index contributed by atoms with van der Waals surface area (Å²) in [7, 11) is 0. The largest absolute Gasteiger partial charge is 0.384 e. The third-order valence-electron chi connectivity index (χ3n) is 9.31. The number of rotatable bonds is 10. The Morgan fingerprint density at radius 3 is 2.42 bits per heavy atom. The van der Waals surface area contributed by atoms with Crippen LogP contribution in [0.2, 0.25) is 0 Å². The average Bonchev–Trinajstić information content (AvgIpc) is 3.13. The first-order valence-electron chi connectivity index (χ1n) is 14.6. The van der Waals surface area contributed by atoms with E-state index in [0.29, 0.717) is 28.9 Å². The van der Waals surface area contributed by atoms with Gasteiger partial charge in [0.2, 0.25) is 11.8 Å². The van der Waals surface area contributed by atoms with E-state index in [1.807, 2.05) is 6.07 Å². The van der Waals surface area contributed by atoms with Crippen LogP contribution in [0.5, 0.6) is 0 Å². The topological polar surface area (TPSA) is 108 Å². The molecule has 1 aromatic rings.